The third-order valence-corrected chi connectivity index (χ3v) is 5.46. The number of aromatic nitrogens is 2. The Labute approximate surface area is 189 Å². The molecule has 12 heteroatoms. The van der Waals surface area contributed by atoms with Crippen LogP contribution in [0.5, 0.6) is 5.75 Å². The number of carboxylic acids is 1. The van der Waals surface area contributed by atoms with Crippen molar-refractivity contribution >= 4 is 38.9 Å². The molecular formula is C21H21N5O6S. The maximum Gasteiger partial charge on any atom is 0.306 e. The summed E-state index contributed by atoms with van der Waals surface area (Å²) in [6.45, 7) is 0.276. The highest BCUT2D eigenvalue weighted by molar-refractivity contribution is 7.90. The summed E-state index contributed by atoms with van der Waals surface area (Å²) < 4.78 is 28.8. The molecule has 1 heterocycles. The van der Waals surface area contributed by atoms with E-state index in [2.05, 4.69) is 25.8 Å². The van der Waals surface area contributed by atoms with Crippen molar-refractivity contribution in [1.29, 1.82) is 0 Å². The Morgan fingerprint density at radius 3 is 2.61 bits per heavy atom. The molecule has 0 spiro atoms. The van der Waals surface area contributed by atoms with Gasteiger partial charge in [-0.15, -0.1) is 4.91 Å². The highest BCUT2D eigenvalue weighted by Gasteiger charge is 2.11. The fraction of sp³-hybridized carbons (Fsp3) is 0.190. The molecule has 2 aromatic carbocycles. The molecule has 0 aliphatic heterocycles. The van der Waals surface area contributed by atoms with Gasteiger partial charge in [-0.3, -0.25) is 4.79 Å². The average Bonchev–Trinajstić information content (AvgIpc) is 2.78. The van der Waals surface area contributed by atoms with Gasteiger partial charge in [0.05, 0.1) is 24.1 Å². The molecule has 0 bridgehead atoms. The quantitative estimate of drug-likeness (QED) is 0.353. The van der Waals surface area contributed by atoms with Crippen molar-refractivity contribution in [2.75, 3.05) is 23.5 Å². The third kappa shape index (κ3) is 6.97. The predicted molar refractivity (Wildman–Crippen MR) is 122 cm³/mol. The number of rotatable bonds is 11. The zero-order valence-electron chi connectivity index (χ0n) is 17.6. The van der Waals surface area contributed by atoms with E-state index in [4.69, 9.17) is 9.84 Å². The van der Waals surface area contributed by atoms with E-state index < -0.39 is 15.8 Å². The topological polar surface area (TPSA) is 160 Å². The first-order valence-corrected chi connectivity index (χ1v) is 11.6. The van der Waals surface area contributed by atoms with Crippen LogP contribution in [0.2, 0.25) is 0 Å². The maximum absolute atomic E-state index is 11.7. The Kier molecular flexibility index (Phi) is 7.51. The summed E-state index contributed by atoms with van der Waals surface area (Å²) >= 11 is 0. The molecule has 0 saturated carbocycles. The van der Waals surface area contributed by atoms with Gasteiger partial charge in [-0.2, -0.15) is 4.98 Å². The van der Waals surface area contributed by atoms with Crippen molar-refractivity contribution < 1.29 is 23.1 Å². The van der Waals surface area contributed by atoms with Crippen LogP contribution in [-0.2, 0) is 21.2 Å². The van der Waals surface area contributed by atoms with E-state index in [-0.39, 0.29) is 41.9 Å². The number of anilines is 3. The summed E-state index contributed by atoms with van der Waals surface area (Å²) in [4.78, 5) is 30.2. The number of nitrogens with one attached hydrogen (secondary N) is 2. The van der Waals surface area contributed by atoms with E-state index in [1.54, 1.807) is 36.4 Å². The summed E-state index contributed by atoms with van der Waals surface area (Å²) in [6.07, 6.45) is 2.30. The summed E-state index contributed by atoms with van der Waals surface area (Å²) in [5, 5.41) is 17.5. The van der Waals surface area contributed by atoms with Crippen LogP contribution in [-0.4, -0.2) is 42.3 Å². The molecule has 3 aromatic rings. The van der Waals surface area contributed by atoms with Crippen molar-refractivity contribution in [3.8, 4) is 5.75 Å². The van der Waals surface area contributed by atoms with Crippen LogP contribution in [0.15, 0.2) is 64.8 Å². The third-order valence-electron chi connectivity index (χ3n) is 4.35. The monoisotopic (exact) mass is 471 g/mol. The number of nitrogens with zero attached hydrogens (tertiary/aromatic N) is 3. The van der Waals surface area contributed by atoms with E-state index in [9.17, 15) is 18.1 Å². The Morgan fingerprint density at radius 1 is 1.18 bits per heavy atom. The Hall–Kier alpha value is -4.06. The average molecular weight is 471 g/mol. The van der Waals surface area contributed by atoms with E-state index in [0.29, 0.717) is 17.0 Å². The fourth-order valence-corrected chi connectivity index (χ4v) is 3.42. The minimum absolute atomic E-state index is 0.00185. The van der Waals surface area contributed by atoms with E-state index in [1.807, 2.05) is 0 Å². The number of hydrogen-bond acceptors (Lipinski definition) is 10. The van der Waals surface area contributed by atoms with Crippen LogP contribution in [0, 0.1) is 4.91 Å². The van der Waals surface area contributed by atoms with Gasteiger partial charge in [0.25, 0.3) is 0 Å². The predicted octanol–water partition coefficient (Wildman–Crippen LogP) is 3.49. The molecule has 11 nitrogen and oxygen atoms in total. The molecule has 33 heavy (non-hydrogen) atoms. The highest BCUT2D eigenvalue weighted by Crippen LogP contribution is 2.25. The van der Waals surface area contributed by atoms with E-state index in [0.717, 1.165) is 6.26 Å². The largest absolute Gasteiger partial charge is 0.493 e. The lowest BCUT2D eigenvalue weighted by molar-refractivity contribution is -0.137. The number of aliphatic carboxylic acids is 1. The number of benzene rings is 2. The summed E-state index contributed by atoms with van der Waals surface area (Å²) in [5.41, 5.74) is 1.32. The number of carbonyl (C=O) groups is 1. The van der Waals surface area contributed by atoms with Gasteiger partial charge in [-0.1, -0.05) is 12.1 Å². The molecule has 1 aromatic heterocycles. The number of nitroso groups, excluding NO2 is 1. The minimum Gasteiger partial charge on any atom is -0.493 e. The van der Waals surface area contributed by atoms with Crippen LogP contribution in [0.3, 0.4) is 0 Å². The smallest absolute Gasteiger partial charge is 0.306 e. The van der Waals surface area contributed by atoms with Crippen molar-refractivity contribution in [3.05, 3.63) is 65.2 Å². The lowest BCUT2D eigenvalue weighted by Gasteiger charge is -2.11. The second-order valence-corrected chi connectivity index (χ2v) is 8.95. The van der Waals surface area contributed by atoms with Crippen LogP contribution in [0.1, 0.15) is 12.0 Å². The zero-order chi connectivity index (χ0) is 23.8. The van der Waals surface area contributed by atoms with Gasteiger partial charge < -0.3 is 20.5 Å². The molecule has 0 fully saturated rings. The molecule has 0 amide bonds. The molecule has 0 radical (unpaired) electrons. The normalized spacial score (nSPS) is 10.9. The molecular weight excluding hydrogens is 450 g/mol. The van der Waals surface area contributed by atoms with Crippen LogP contribution in [0.4, 0.5) is 23.1 Å². The summed E-state index contributed by atoms with van der Waals surface area (Å²) in [6, 6.07) is 13.2. The second-order valence-electron chi connectivity index (χ2n) is 6.93. The molecule has 0 atom stereocenters. The van der Waals surface area contributed by atoms with Crippen molar-refractivity contribution in [3.63, 3.8) is 0 Å². The number of hydrogen-bond donors (Lipinski definition) is 3. The van der Waals surface area contributed by atoms with Crippen LogP contribution < -0.4 is 15.4 Å². The van der Waals surface area contributed by atoms with E-state index >= 15 is 0 Å². The van der Waals surface area contributed by atoms with Gasteiger partial charge in [0, 0.05) is 18.5 Å². The van der Waals surface area contributed by atoms with Gasteiger partial charge in [-0.25, -0.2) is 13.4 Å². The van der Waals surface area contributed by atoms with E-state index in [1.165, 1.54) is 18.3 Å². The number of ether oxygens (including phenoxy) is 1. The Balaban J connectivity index is 1.68. The van der Waals surface area contributed by atoms with Gasteiger partial charge in [0.1, 0.15) is 5.75 Å². The van der Waals surface area contributed by atoms with Crippen molar-refractivity contribution in [1.82, 2.24) is 9.97 Å². The fourth-order valence-electron chi connectivity index (χ4n) is 2.72. The van der Waals surface area contributed by atoms with Crippen LogP contribution >= 0.6 is 0 Å². The lowest BCUT2D eigenvalue weighted by atomic mass is 10.2. The van der Waals surface area contributed by atoms with Gasteiger partial charge >= 0.3 is 5.97 Å². The summed E-state index contributed by atoms with van der Waals surface area (Å²) in [5.74, 6) is -0.0386. The molecule has 0 aliphatic carbocycles. The second kappa shape index (κ2) is 10.5. The summed E-state index contributed by atoms with van der Waals surface area (Å²) in [7, 11) is -3.34. The first-order valence-electron chi connectivity index (χ1n) is 9.69. The molecule has 0 aliphatic rings. The van der Waals surface area contributed by atoms with Crippen molar-refractivity contribution in [2.24, 2.45) is 5.18 Å². The molecule has 3 N–H and O–H groups in total. The van der Waals surface area contributed by atoms with Gasteiger partial charge in [0.15, 0.2) is 21.3 Å². The Morgan fingerprint density at radius 2 is 1.94 bits per heavy atom. The molecule has 172 valence electrons. The molecule has 0 saturated heterocycles. The molecule has 0 unspecified atom stereocenters. The van der Waals surface area contributed by atoms with Crippen LogP contribution in [0.25, 0.3) is 0 Å². The number of sulfone groups is 1. The standard InChI is InChI=1S/C21H21N5O6S/c1-33(30,31)17-4-2-3-14(11-17)12-22-20-18(26-29)13-23-21(25-20)24-15-5-7-16(8-6-15)32-10-9-19(27)28/h2-8,11,13H,9-10,12H2,1H3,(H,27,28)(H2,22,23,24,25). The zero-order valence-corrected chi connectivity index (χ0v) is 18.4. The highest BCUT2D eigenvalue weighted by atomic mass is 32.2. The maximum atomic E-state index is 11.7. The SMILES string of the molecule is CS(=O)(=O)c1cccc(CNc2nc(Nc3ccc(OCCC(=O)O)cc3)ncc2N=O)c1. The Bertz CT molecular complexity index is 1250. The first-order chi connectivity index (χ1) is 15.7. The molecule has 3 rings (SSSR count). The van der Waals surface area contributed by atoms with Gasteiger partial charge in [-0.05, 0) is 47.1 Å². The first kappa shape index (κ1) is 23.6. The minimum atomic E-state index is -3.34. The van der Waals surface area contributed by atoms with Crippen molar-refractivity contribution in [2.45, 2.75) is 17.9 Å². The number of carboxylic acid groups (broad SMARTS) is 1. The van der Waals surface area contributed by atoms with Gasteiger partial charge in [0.2, 0.25) is 5.95 Å². The lowest BCUT2D eigenvalue weighted by Crippen LogP contribution is -2.06.